The summed E-state index contributed by atoms with van der Waals surface area (Å²) in [4.78, 5) is 24.2. The number of hydrogen-bond donors (Lipinski definition) is 1. The SMILES string of the molecule is NC1CC(=O)N(c2ccccc2Cl)C1=O. The monoisotopic (exact) mass is 224 g/mol. The number of nitrogens with two attached hydrogens (primary N) is 1. The average Bonchev–Trinajstić information content (AvgIpc) is 2.43. The number of nitrogens with zero attached hydrogens (tertiary/aromatic N) is 1. The molecule has 0 bridgehead atoms. The van der Waals surface area contributed by atoms with Gasteiger partial charge >= 0.3 is 0 Å². The number of benzene rings is 1. The van der Waals surface area contributed by atoms with Crippen molar-refractivity contribution in [3.05, 3.63) is 29.3 Å². The number of halogens is 1. The Kier molecular flexibility index (Phi) is 2.46. The molecule has 1 fully saturated rings. The summed E-state index contributed by atoms with van der Waals surface area (Å²) < 4.78 is 0. The lowest BCUT2D eigenvalue weighted by atomic mass is 10.3. The second-order valence-corrected chi connectivity index (χ2v) is 3.74. The number of hydrogen-bond acceptors (Lipinski definition) is 3. The van der Waals surface area contributed by atoms with Crippen LogP contribution in [0.25, 0.3) is 0 Å². The predicted octanol–water partition coefficient (Wildman–Crippen LogP) is 0.931. The normalized spacial score (nSPS) is 21.2. The van der Waals surface area contributed by atoms with E-state index in [4.69, 9.17) is 17.3 Å². The number of anilines is 1. The van der Waals surface area contributed by atoms with Crippen LogP contribution in [-0.4, -0.2) is 17.9 Å². The van der Waals surface area contributed by atoms with Crippen molar-refractivity contribution in [2.45, 2.75) is 12.5 Å². The third-order valence-electron chi connectivity index (χ3n) is 2.27. The van der Waals surface area contributed by atoms with Crippen LogP contribution in [0.2, 0.25) is 5.02 Å². The van der Waals surface area contributed by atoms with E-state index in [0.29, 0.717) is 10.7 Å². The van der Waals surface area contributed by atoms with Gasteiger partial charge in [-0.05, 0) is 12.1 Å². The first-order chi connectivity index (χ1) is 7.11. The molecule has 15 heavy (non-hydrogen) atoms. The Balaban J connectivity index is 2.44. The number of amides is 2. The van der Waals surface area contributed by atoms with E-state index in [1.54, 1.807) is 24.3 Å². The first-order valence-corrected chi connectivity index (χ1v) is 4.86. The molecule has 0 spiro atoms. The molecule has 1 saturated heterocycles. The predicted molar refractivity (Wildman–Crippen MR) is 56.5 cm³/mol. The maximum absolute atomic E-state index is 11.6. The average molecular weight is 225 g/mol. The lowest BCUT2D eigenvalue weighted by molar-refractivity contribution is -0.121. The molecule has 78 valence electrons. The molecule has 1 unspecified atom stereocenters. The van der Waals surface area contributed by atoms with Crippen LogP contribution in [0.15, 0.2) is 24.3 Å². The third kappa shape index (κ3) is 1.62. The summed E-state index contributed by atoms with van der Waals surface area (Å²) in [5.41, 5.74) is 5.90. The van der Waals surface area contributed by atoms with Crippen molar-refractivity contribution in [1.29, 1.82) is 0 Å². The molecular weight excluding hydrogens is 216 g/mol. The van der Waals surface area contributed by atoms with Crippen molar-refractivity contribution < 1.29 is 9.59 Å². The zero-order chi connectivity index (χ0) is 11.0. The summed E-state index contributed by atoms with van der Waals surface area (Å²) in [5, 5.41) is 0.369. The van der Waals surface area contributed by atoms with Gasteiger partial charge in [-0.2, -0.15) is 0 Å². The Morgan fingerprint density at radius 3 is 2.53 bits per heavy atom. The van der Waals surface area contributed by atoms with Gasteiger partial charge in [0.05, 0.1) is 23.2 Å². The highest BCUT2D eigenvalue weighted by Crippen LogP contribution is 2.29. The maximum atomic E-state index is 11.6. The minimum atomic E-state index is -0.742. The quantitative estimate of drug-likeness (QED) is 0.722. The van der Waals surface area contributed by atoms with Crippen molar-refractivity contribution in [2.24, 2.45) is 5.73 Å². The summed E-state index contributed by atoms with van der Waals surface area (Å²) in [6.07, 6.45) is 0.0457. The van der Waals surface area contributed by atoms with Crippen LogP contribution in [0, 0.1) is 0 Å². The van der Waals surface area contributed by atoms with Crippen LogP contribution in [-0.2, 0) is 9.59 Å². The highest BCUT2D eigenvalue weighted by Gasteiger charge is 2.37. The third-order valence-corrected chi connectivity index (χ3v) is 2.59. The molecule has 1 heterocycles. The van der Waals surface area contributed by atoms with Gasteiger partial charge in [0.1, 0.15) is 0 Å². The second-order valence-electron chi connectivity index (χ2n) is 3.33. The molecule has 1 atom stereocenters. The topological polar surface area (TPSA) is 63.4 Å². The summed E-state index contributed by atoms with van der Waals surface area (Å²) >= 11 is 5.90. The Hall–Kier alpha value is -1.39. The number of carbonyl (C=O) groups is 2. The molecule has 0 radical (unpaired) electrons. The van der Waals surface area contributed by atoms with Crippen molar-refractivity contribution in [1.82, 2.24) is 0 Å². The van der Waals surface area contributed by atoms with Gasteiger partial charge in [-0.1, -0.05) is 23.7 Å². The fourth-order valence-electron chi connectivity index (χ4n) is 1.54. The van der Waals surface area contributed by atoms with Gasteiger partial charge < -0.3 is 5.73 Å². The smallest absolute Gasteiger partial charge is 0.251 e. The van der Waals surface area contributed by atoms with E-state index >= 15 is 0 Å². The first kappa shape index (κ1) is 10.1. The molecule has 0 aliphatic carbocycles. The van der Waals surface area contributed by atoms with Gasteiger partial charge in [0.2, 0.25) is 5.91 Å². The van der Waals surface area contributed by atoms with Crippen molar-refractivity contribution >= 4 is 29.1 Å². The van der Waals surface area contributed by atoms with Gasteiger partial charge in [-0.3, -0.25) is 9.59 Å². The van der Waals surface area contributed by atoms with Crippen molar-refractivity contribution in [3.8, 4) is 0 Å². The largest absolute Gasteiger partial charge is 0.319 e. The minimum absolute atomic E-state index is 0.0457. The molecule has 2 N–H and O–H groups in total. The van der Waals surface area contributed by atoms with Gasteiger partial charge in [0, 0.05) is 0 Å². The van der Waals surface area contributed by atoms with E-state index in [9.17, 15) is 9.59 Å². The van der Waals surface area contributed by atoms with E-state index < -0.39 is 11.9 Å². The fourth-order valence-corrected chi connectivity index (χ4v) is 1.76. The van der Waals surface area contributed by atoms with E-state index in [0.717, 1.165) is 4.90 Å². The molecule has 1 aromatic carbocycles. The fraction of sp³-hybridized carbons (Fsp3) is 0.200. The summed E-state index contributed by atoms with van der Waals surface area (Å²) in [6, 6.07) is 5.95. The zero-order valence-corrected chi connectivity index (χ0v) is 8.57. The minimum Gasteiger partial charge on any atom is -0.319 e. The van der Waals surface area contributed by atoms with Crippen LogP contribution in [0.1, 0.15) is 6.42 Å². The molecule has 1 aliphatic heterocycles. The number of rotatable bonds is 1. The van der Waals surface area contributed by atoms with E-state index in [1.807, 2.05) is 0 Å². The maximum Gasteiger partial charge on any atom is 0.251 e. The molecule has 2 rings (SSSR count). The lowest BCUT2D eigenvalue weighted by Gasteiger charge is -2.15. The standard InChI is InChI=1S/C10H9ClN2O2/c11-6-3-1-2-4-8(6)13-9(14)5-7(12)10(13)15/h1-4,7H,5,12H2. The molecule has 0 saturated carbocycles. The number of para-hydroxylation sites is 1. The van der Waals surface area contributed by atoms with Crippen LogP contribution in [0.4, 0.5) is 5.69 Å². The molecule has 4 nitrogen and oxygen atoms in total. The number of imide groups is 1. The van der Waals surface area contributed by atoms with Gasteiger partial charge in [-0.25, -0.2) is 4.90 Å². The Morgan fingerprint density at radius 1 is 1.33 bits per heavy atom. The Morgan fingerprint density at radius 2 is 2.00 bits per heavy atom. The van der Waals surface area contributed by atoms with Crippen molar-refractivity contribution in [2.75, 3.05) is 4.90 Å². The van der Waals surface area contributed by atoms with E-state index in [1.165, 1.54) is 0 Å². The second kappa shape index (κ2) is 3.64. The molecule has 5 heteroatoms. The lowest BCUT2D eigenvalue weighted by Crippen LogP contribution is -2.35. The molecule has 2 amide bonds. The Labute approximate surface area is 91.6 Å². The molecule has 0 aromatic heterocycles. The van der Waals surface area contributed by atoms with Gasteiger partial charge in [-0.15, -0.1) is 0 Å². The highest BCUT2D eigenvalue weighted by atomic mass is 35.5. The summed E-state index contributed by atoms with van der Waals surface area (Å²) in [5.74, 6) is -0.700. The molecular formula is C10H9ClN2O2. The van der Waals surface area contributed by atoms with E-state index in [2.05, 4.69) is 0 Å². The first-order valence-electron chi connectivity index (χ1n) is 4.48. The Bertz CT molecular complexity index is 433. The van der Waals surface area contributed by atoms with Crippen molar-refractivity contribution in [3.63, 3.8) is 0 Å². The highest BCUT2D eigenvalue weighted by molar-refractivity contribution is 6.36. The summed E-state index contributed by atoms with van der Waals surface area (Å²) in [7, 11) is 0. The van der Waals surface area contributed by atoms with Crippen LogP contribution in [0.5, 0.6) is 0 Å². The molecule has 1 aromatic rings. The van der Waals surface area contributed by atoms with Crippen LogP contribution < -0.4 is 10.6 Å². The van der Waals surface area contributed by atoms with E-state index in [-0.39, 0.29) is 12.3 Å². The van der Waals surface area contributed by atoms with Crippen LogP contribution in [0.3, 0.4) is 0 Å². The van der Waals surface area contributed by atoms with Crippen LogP contribution >= 0.6 is 11.6 Å². The van der Waals surface area contributed by atoms with Gasteiger partial charge in [0.15, 0.2) is 0 Å². The van der Waals surface area contributed by atoms with Gasteiger partial charge in [0.25, 0.3) is 5.91 Å². The zero-order valence-electron chi connectivity index (χ0n) is 7.81. The number of carbonyl (C=O) groups excluding carboxylic acids is 2. The summed E-state index contributed by atoms with van der Waals surface area (Å²) in [6.45, 7) is 0. The molecule has 1 aliphatic rings.